The molecule has 0 atom stereocenters. The average molecular weight is 282 g/mol. The molecule has 0 radical (unpaired) electrons. The molecule has 0 spiro atoms. The Hall–Kier alpha value is -1.94. The first-order valence-electron chi connectivity index (χ1n) is 5.50. The molecule has 1 N–H and O–H groups in total. The van der Waals surface area contributed by atoms with Crippen LogP contribution in [-0.2, 0) is 0 Å². The van der Waals surface area contributed by atoms with Gasteiger partial charge in [-0.05, 0) is 42.8 Å². The molecule has 0 aromatic heterocycles. The third-order valence-electron chi connectivity index (χ3n) is 2.63. The fraction of sp³-hybridized carbons (Fsp3) is 0.0714. The quantitative estimate of drug-likeness (QED) is 0.879. The van der Waals surface area contributed by atoms with Crippen molar-refractivity contribution in [1.82, 2.24) is 0 Å². The van der Waals surface area contributed by atoms with Crippen molar-refractivity contribution in [2.75, 3.05) is 5.32 Å². The van der Waals surface area contributed by atoms with Crippen molar-refractivity contribution in [3.8, 4) is 0 Å². The van der Waals surface area contributed by atoms with Crippen LogP contribution >= 0.6 is 11.6 Å². The van der Waals surface area contributed by atoms with Gasteiger partial charge in [0.15, 0.2) is 5.82 Å². The van der Waals surface area contributed by atoms with Gasteiger partial charge in [-0.3, -0.25) is 4.79 Å². The highest BCUT2D eigenvalue weighted by atomic mass is 35.5. The van der Waals surface area contributed by atoms with Crippen molar-refractivity contribution >= 4 is 23.2 Å². The summed E-state index contributed by atoms with van der Waals surface area (Å²) in [5.41, 5.74) is 0.738. The van der Waals surface area contributed by atoms with Gasteiger partial charge in [0, 0.05) is 5.56 Å². The predicted molar refractivity (Wildman–Crippen MR) is 70.5 cm³/mol. The van der Waals surface area contributed by atoms with Gasteiger partial charge in [0.25, 0.3) is 5.91 Å². The number of nitrogens with one attached hydrogen (secondary N) is 1. The van der Waals surface area contributed by atoms with Gasteiger partial charge in [0.1, 0.15) is 5.82 Å². The lowest BCUT2D eigenvalue weighted by atomic mass is 10.1. The van der Waals surface area contributed by atoms with Gasteiger partial charge in [-0.2, -0.15) is 0 Å². The Kier molecular flexibility index (Phi) is 3.81. The van der Waals surface area contributed by atoms with Crippen molar-refractivity contribution in [3.05, 3.63) is 64.2 Å². The number of anilines is 1. The Bertz CT molecular complexity index is 643. The lowest BCUT2D eigenvalue weighted by Gasteiger charge is -2.09. The van der Waals surface area contributed by atoms with Crippen LogP contribution in [0.2, 0.25) is 5.02 Å². The van der Waals surface area contributed by atoms with Crippen LogP contribution in [0.25, 0.3) is 0 Å². The van der Waals surface area contributed by atoms with Crippen LogP contribution < -0.4 is 5.32 Å². The van der Waals surface area contributed by atoms with Crippen LogP contribution in [0.3, 0.4) is 0 Å². The third-order valence-corrected chi connectivity index (χ3v) is 2.92. The maximum absolute atomic E-state index is 13.6. The number of carbonyl (C=O) groups excluding carboxylic acids is 1. The number of hydrogen-bond donors (Lipinski definition) is 1. The molecule has 2 aromatic rings. The number of rotatable bonds is 2. The van der Waals surface area contributed by atoms with Crippen LogP contribution in [0.15, 0.2) is 36.4 Å². The second-order valence-electron chi connectivity index (χ2n) is 4.01. The zero-order valence-electron chi connectivity index (χ0n) is 10.0. The molecule has 1 amide bonds. The summed E-state index contributed by atoms with van der Waals surface area (Å²) in [6.45, 7) is 1.60. The summed E-state index contributed by atoms with van der Waals surface area (Å²) in [6, 6.07) is 8.08. The molecule has 0 heterocycles. The van der Waals surface area contributed by atoms with E-state index in [0.717, 1.165) is 0 Å². The topological polar surface area (TPSA) is 29.1 Å². The highest BCUT2D eigenvalue weighted by Gasteiger charge is 2.13. The smallest absolute Gasteiger partial charge is 0.256 e. The molecule has 0 aliphatic carbocycles. The summed E-state index contributed by atoms with van der Waals surface area (Å²) in [5.74, 6) is -1.64. The van der Waals surface area contributed by atoms with Crippen molar-refractivity contribution < 1.29 is 13.6 Å². The fourth-order valence-electron chi connectivity index (χ4n) is 1.67. The monoisotopic (exact) mass is 281 g/mol. The van der Waals surface area contributed by atoms with E-state index in [1.165, 1.54) is 36.4 Å². The molecule has 19 heavy (non-hydrogen) atoms. The Balaban J connectivity index is 2.28. The first kappa shape index (κ1) is 13.5. The van der Waals surface area contributed by atoms with Crippen molar-refractivity contribution in [1.29, 1.82) is 0 Å². The predicted octanol–water partition coefficient (Wildman–Crippen LogP) is 4.18. The van der Waals surface area contributed by atoms with E-state index in [9.17, 15) is 13.6 Å². The molecule has 5 heteroatoms. The number of benzene rings is 2. The molecule has 0 saturated heterocycles. The van der Waals surface area contributed by atoms with E-state index in [-0.39, 0.29) is 16.3 Å². The van der Waals surface area contributed by atoms with Crippen LogP contribution in [0.4, 0.5) is 14.5 Å². The Morgan fingerprint density at radius 3 is 2.63 bits per heavy atom. The molecular weight excluding hydrogens is 272 g/mol. The lowest BCUT2D eigenvalue weighted by molar-refractivity contribution is 0.102. The maximum Gasteiger partial charge on any atom is 0.256 e. The molecule has 0 bridgehead atoms. The zero-order valence-corrected chi connectivity index (χ0v) is 10.8. The van der Waals surface area contributed by atoms with Crippen molar-refractivity contribution in [3.63, 3.8) is 0 Å². The second kappa shape index (κ2) is 5.36. The highest BCUT2D eigenvalue weighted by Crippen LogP contribution is 2.23. The molecule has 0 aliphatic rings. The fourth-order valence-corrected chi connectivity index (χ4v) is 1.85. The average Bonchev–Trinajstić information content (AvgIpc) is 2.34. The van der Waals surface area contributed by atoms with Gasteiger partial charge in [0.05, 0.1) is 10.7 Å². The largest absolute Gasteiger partial charge is 0.319 e. The summed E-state index contributed by atoms with van der Waals surface area (Å²) in [7, 11) is 0. The van der Waals surface area contributed by atoms with E-state index in [4.69, 9.17) is 11.6 Å². The minimum Gasteiger partial charge on any atom is -0.319 e. The number of halogens is 3. The Morgan fingerprint density at radius 2 is 1.95 bits per heavy atom. The molecule has 0 fully saturated rings. The van der Waals surface area contributed by atoms with E-state index < -0.39 is 17.5 Å². The van der Waals surface area contributed by atoms with E-state index in [1.54, 1.807) is 6.92 Å². The summed E-state index contributed by atoms with van der Waals surface area (Å²) in [5, 5.41) is 2.33. The SMILES string of the molecule is Cc1cc(F)ccc1C(=O)Nc1cccc(Cl)c1F. The molecule has 2 nitrogen and oxygen atoms in total. The van der Waals surface area contributed by atoms with Gasteiger partial charge >= 0.3 is 0 Å². The first-order chi connectivity index (χ1) is 8.99. The summed E-state index contributed by atoms with van der Waals surface area (Å²) in [4.78, 5) is 12.0. The van der Waals surface area contributed by atoms with Gasteiger partial charge in [-0.25, -0.2) is 8.78 Å². The number of carbonyl (C=O) groups is 1. The minimum atomic E-state index is -0.697. The molecular formula is C14H10ClF2NO. The van der Waals surface area contributed by atoms with Gasteiger partial charge in [0.2, 0.25) is 0 Å². The van der Waals surface area contributed by atoms with E-state index in [0.29, 0.717) is 5.56 Å². The number of hydrogen-bond acceptors (Lipinski definition) is 1. The third kappa shape index (κ3) is 2.90. The normalized spacial score (nSPS) is 10.3. The van der Waals surface area contributed by atoms with Crippen LogP contribution in [0.1, 0.15) is 15.9 Å². The van der Waals surface area contributed by atoms with E-state index in [1.807, 2.05) is 0 Å². The first-order valence-corrected chi connectivity index (χ1v) is 5.88. The van der Waals surface area contributed by atoms with Crippen LogP contribution in [0, 0.1) is 18.6 Å². The van der Waals surface area contributed by atoms with Gasteiger partial charge in [-0.1, -0.05) is 17.7 Å². The van der Waals surface area contributed by atoms with E-state index >= 15 is 0 Å². The van der Waals surface area contributed by atoms with Crippen molar-refractivity contribution in [2.45, 2.75) is 6.92 Å². The Morgan fingerprint density at radius 1 is 1.21 bits per heavy atom. The molecule has 2 aromatic carbocycles. The maximum atomic E-state index is 13.6. The van der Waals surface area contributed by atoms with Crippen LogP contribution in [0.5, 0.6) is 0 Å². The summed E-state index contributed by atoms with van der Waals surface area (Å²) >= 11 is 5.62. The second-order valence-corrected chi connectivity index (χ2v) is 4.42. The highest BCUT2D eigenvalue weighted by molar-refractivity contribution is 6.31. The van der Waals surface area contributed by atoms with Crippen LogP contribution in [-0.4, -0.2) is 5.91 Å². The summed E-state index contributed by atoms with van der Waals surface area (Å²) < 4.78 is 26.6. The summed E-state index contributed by atoms with van der Waals surface area (Å²) in [6.07, 6.45) is 0. The standard InChI is InChI=1S/C14H10ClF2NO/c1-8-7-9(16)5-6-10(8)14(19)18-12-4-2-3-11(15)13(12)17/h2-7H,1H3,(H,18,19). The molecule has 2 rings (SSSR count). The lowest BCUT2D eigenvalue weighted by Crippen LogP contribution is -2.14. The van der Waals surface area contributed by atoms with E-state index in [2.05, 4.69) is 5.32 Å². The zero-order chi connectivity index (χ0) is 14.0. The van der Waals surface area contributed by atoms with Gasteiger partial charge in [-0.15, -0.1) is 0 Å². The number of aryl methyl sites for hydroxylation is 1. The molecule has 0 aliphatic heterocycles. The number of amides is 1. The molecule has 98 valence electrons. The van der Waals surface area contributed by atoms with Gasteiger partial charge < -0.3 is 5.32 Å². The Labute approximate surface area is 114 Å². The minimum absolute atomic E-state index is 0.0128. The molecule has 0 saturated carbocycles. The van der Waals surface area contributed by atoms with Crippen molar-refractivity contribution in [2.24, 2.45) is 0 Å². The molecule has 0 unspecified atom stereocenters.